The van der Waals surface area contributed by atoms with Crippen molar-refractivity contribution in [3.8, 4) is 11.5 Å². The summed E-state index contributed by atoms with van der Waals surface area (Å²) in [6.45, 7) is 0.262. The van der Waals surface area contributed by atoms with Crippen LogP contribution in [0.5, 0.6) is 11.5 Å². The Balaban J connectivity index is 1.27. The van der Waals surface area contributed by atoms with Crippen LogP contribution in [-0.4, -0.2) is 16.6 Å². The van der Waals surface area contributed by atoms with Crippen molar-refractivity contribution in [3.63, 3.8) is 0 Å². The van der Waals surface area contributed by atoms with Gasteiger partial charge in [0.1, 0.15) is 18.1 Å². The SMILES string of the molecule is COc1ccc([C@@H]2C3=C(N=c4s/c(=C/c5cccc(OCc6ccc([N+](=O)[O-])cc6)c5)c(=O)n42)c2ccccc2CC3)cc1. The maximum absolute atomic E-state index is 14.1. The summed E-state index contributed by atoms with van der Waals surface area (Å²) < 4.78 is 13.8. The zero-order valence-corrected chi connectivity index (χ0v) is 24.6. The van der Waals surface area contributed by atoms with Crippen molar-refractivity contribution in [3.05, 3.63) is 160 Å². The van der Waals surface area contributed by atoms with Crippen molar-refractivity contribution < 1.29 is 14.4 Å². The van der Waals surface area contributed by atoms with Crippen LogP contribution >= 0.6 is 11.3 Å². The molecule has 2 aliphatic rings. The van der Waals surface area contributed by atoms with Gasteiger partial charge in [0.15, 0.2) is 4.80 Å². The fourth-order valence-corrected chi connectivity index (χ4v) is 6.84. The van der Waals surface area contributed by atoms with Gasteiger partial charge in [-0.25, -0.2) is 4.99 Å². The third-order valence-electron chi connectivity index (χ3n) is 8.01. The molecule has 9 heteroatoms. The summed E-state index contributed by atoms with van der Waals surface area (Å²) in [6, 6.07) is 29.9. The second kappa shape index (κ2) is 11.4. The Labute approximate surface area is 256 Å². The lowest BCUT2D eigenvalue weighted by atomic mass is 9.83. The number of nitrogens with zero attached hydrogens (tertiary/aromatic N) is 3. The maximum atomic E-state index is 14.1. The minimum atomic E-state index is -0.425. The van der Waals surface area contributed by atoms with Crippen molar-refractivity contribution in [2.45, 2.75) is 25.5 Å². The molecule has 0 saturated carbocycles. The number of benzene rings is 4. The van der Waals surface area contributed by atoms with Gasteiger partial charge < -0.3 is 9.47 Å². The van der Waals surface area contributed by atoms with E-state index >= 15 is 0 Å². The molecule has 0 bridgehead atoms. The van der Waals surface area contributed by atoms with Crippen LogP contribution < -0.4 is 24.4 Å². The molecule has 0 fully saturated rings. The van der Waals surface area contributed by atoms with Gasteiger partial charge in [0.25, 0.3) is 11.2 Å². The monoisotopic (exact) mass is 601 g/mol. The van der Waals surface area contributed by atoms with E-state index in [0.717, 1.165) is 52.1 Å². The van der Waals surface area contributed by atoms with Gasteiger partial charge in [-0.1, -0.05) is 59.9 Å². The van der Waals surface area contributed by atoms with E-state index < -0.39 is 4.92 Å². The Morgan fingerprint density at radius 2 is 1.77 bits per heavy atom. The van der Waals surface area contributed by atoms with Crippen LogP contribution in [0.15, 0.2) is 112 Å². The van der Waals surface area contributed by atoms with E-state index in [9.17, 15) is 14.9 Å². The molecule has 1 aliphatic heterocycles. The van der Waals surface area contributed by atoms with Crippen LogP contribution in [0.4, 0.5) is 5.69 Å². The Morgan fingerprint density at radius 3 is 2.55 bits per heavy atom. The number of nitro groups is 1. The number of aryl methyl sites for hydroxylation is 1. The van der Waals surface area contributed by atoms with Crippen LogP contribution in [0, 0.1) is 10.1 Å². The van der Waals surface area contributed by atoms with E-state index in [1.165, 1.54) is 29.0 Å². The van der Waals surface area contributed by atoms with Gasteiger partial charge in [-0.05, 0) is 83.1 Å². The first-order valence-electron chi connectivity index (χ1n) is 14.2. The van der Waals surface area contributed by atoms with Crippen LogP contribution in [-0.2, 0) is 13.0 Å². The lowest BCUT2D eigenvalue weighted by Crippen LogP contribution is -2.38. The highest BCUT2D eigenvalue weighted by Gasteiger charge is 2.32. The molecule has 218 valence electrons. The van der Waals surface area contributed by atoms with Crippen LogP contribution in [0.2, 0.25) is 0 Å². The highest BCUT2D eigenvalue weighted by atomic mass is 32.1. The number of methoxy groups -OCH3 is 1. The van der Waals surface area contributed by atoms with E-state index in [4.69, 9.17) is 14.5 Å². The highest BCUT2D eigenvalue weighted by molar-refractivity contribution is 7.07. The van der Waals surface area contributed by atoms with Crippen LogP contribution in [0.25, 0.3) is 11.8 Å². The number of rotatable bonds is 7. The van der Waals surface area contributed by atoms with E-state index in [1.54, 1.807) is 19.2 Å². The summed E-state index contributed by atoms with van der Waals surface area (Å²) >= 11 is 1.39. The lowest BCUT2D eigenvalue weighted by Gasteiger charge is -2.30. The molecule has 44 heavy (non-hydrogen) atoms. The molecule has 0 radical (unpaired) electrons. The summed E-state index contributed by atoms with van der Waals surface area (Å²) in [5, 5.41) is 10.9. The fraction of sp³-hybridized carbons (Fsp3) is 0.143. The van der Waals surface area contributed by atoms with Gasteiger partial charge in [-0.2, -0.15) is 0 Å². The topological polar surface area (TPSA) is 96.0 Å². The molecule has 1 atom stereocenters. The second-order valence-corrected chi connectivity index (χ2v) is 11.7. The molecule has 7 rings (SSSR count). The van der Waals surface area contributed by atoms with Crippen LogP contribution in [0.1, 0.15) is 40.3 Å². The summed E-state index contributed by atoms with van der Waals surface area (Å²) in [6.07, 6.45) is 3.60. The van der Waals surface area contributed by atoms with Gasteiger partial charge in [-0.3, -0.25) is 19.5 Å². The zero-order valence-electron chi connectivity index (χ0n) is 23.8. The molecule has 0 unspecified atom stereocenters. The summed E-state index contributed by atoms with van der Waals surface area (Å²) in [7, 11) is 1.65. The van der Waals surface area contributed by atoms with Gasteiger partial charge in [0, 0.05) is 17.7 Å². The first kappa shape index (κ1) is 27.5. The van der Waals surface area contributed by atoms with E-state index in [-0.39, 0.29) is 23.9 Å². The molecule has 1 aromatic heterocycles. The number of aromatic nitrogens is 1. The molecule has 0 amide bonds. The zero-order chi connectivity index (χ0) is 30.2. The highest BCUT2D eigenvalue weighted by Crippen LogP contribution is 2.41. The third-order valence-corrected chi connectivity index (χ3v) is 9.00. The number of allylic oxidation sites excluding steroid dienone is 1. The van der Waals surface area contributed by atoms with Crippen molar-refractivity contribution in [1.82, 2.24) is 4.57 Å². The van der Waals surface area contributed by atoms with Crippen LogP contribution in [0.3, 0.4) is 0 Å². The Bertz CT molecular complexity index is 2110. The first-order chi connectivity index (χ1) is 21.5. The minimum Gasteiger partial charge on any atom is -0.497 e. The van der Waals surface area contributed by atoms with E-state index in [0.29, 0.717) is 15.1 Å². The molecule has 4 aromatic carbocycles. The predicted molar refractivity (Wildman–Crippen MR) is 170 cm³/mol. The Morgan fingerprint density at radius 1 is 0.977 bits per heavy atom. The number of nitro benzene ring substituents is 1. The Hall–Kier alpha value is -5.28. The third kappa shape index (κ3) is 5.11. The molecular weight excluding hydrogens is 574 g/mol. The van der Waals surface area contributed by atoms with Crippen molar-refractivity contribution >= 4 is 28.8 Å². The Kier molecular flexibility index (Phi) is 7.15. The molecule has 2 heterocycles. The smallest absolute Gasteiger partial charge is 0.271 e. The number of ether oxygens (including phenoxy) is 2. The number of hydrogen-bond acceptors (Lipinski definition) is 7. The van der Waals surface area contributed by atoms with E-state index in [2.05, 4.69) is 18.2 Å². The summed E-state index contributed by atoms with van der Waals surface area (Å²) in [4.78, 5) is 30.3. The number of fused-ring (bicyclic) bond motifs is 3. The largest absolute Gasteiger partial charge is 0.497 e. The predicted octanol–water partition coefficient (Wildman–Crippen LogP) is 5.81. The summed E-state index contributed by atoms with van der Waals surface area (Å²) in [5.41, 5.74) is 7.12. The average molecular weight is 602 g/mol. The van der Waals surface area contributed by atoms with Crippen molar-refractivity contribution in [2.75, 3.05) is 7.11 Å². The quantitative estimate of drug-likeness (QED) is 0.173. The van der Waals surface area contributed by atoms with Crippen molar-refractivity contribution in [1.29, 1.82) is 0 Å². The fourth-order valence-electron chi connectivity index (χ4n) is 5.83. The molecule has 1 aliphatic carbocycles. The van der Waals surface area contributed by atoms with Gasteiger partial charge in [0.05, 0.1) is 28.3 Å². The first-order valence-corrected chi connectivity index (χ1v) is 15.0. The van der Waals surface area contributed by atoms with Gasteiger partial charge in [0.2, 0.25) is 0 Å². The molecule has 0 N–H and O–H groups in total. The number of hydrogen-bond donors (Lipinski definition) is 0. The second-order valence-electron chi connectivity index (χ2n) is 10.7. The normalized spacial score (nSPS) is 15.6. The van der Waals surface area contributed by atoms with E-state index in [1.807, 2.05) is 65.2 Å². The minimum absolute atomic E-state index is 0.0384. The molecule has 0 saturated heterocycles. The lowest BCUT2D eigenvalue weighted by molar-refractivity contribution is -0.384. The molecular formula is C35H27N3O5S. The average Bonchev–Trinajstić information content (AvgIpc) is 3.37. The molecule has 0 spiro atoms. The molecule has 5 aromatic rings. The standard InChI is InChI=1S/C35H27N3O5S/c1-42-27-16-11-25(12-17-27)33-30-18-13-24-6-2-3-8-29(24)32(30)36-35-37(33)34(39)31(44-35)20-23-5-4-7-28(19-23)43-21-22-9-14-26(15-10-22)38(40)41/h2-12,14-17,19-20,33H,13,18,21H2,1H3/b31-20+/t33-/m1/s1. The maximum Gasteiger partial charge on any atom is 0.271 e. The summed E-state index contributed by atoms with van der Waals surface area (Å²) in [5.74, 6) is 1.40. The van der Waals surface area contributed by atoms with Gasteiger partial charge >= 0.3 is 0 Å². The molecule has 8 nitrogen and oxygen atoms in total. The van der Waals surface area contributed by atoms with Gasteiger partial charge in [-0.15, -0.1) is 0 Å². The number of non-ortho nitro benzene ring substituents is 1. The van der Waals surface area contributed by atoms with Crippen molar-refractivity contribution in [2.24, 2.45) is 4.99 Å². The number of thiazole rings is 1.